The molecule has 1 atom stereocenters. The average Bonchev–Trinajstić information content (AvgIpc) is 2.97. The Balaban J connectivity index is 2.17. The zero-order valence-corrected chi connectivity index (χ0v) is 13.7. The molecule has 0 aliphatic heterocycles. The summed E-state index contributed by atoms with van der Waals surface area (Å²) in [6.07, 6.45) is 1.95. The van der Waals surface area contributed by atoms with E-state index >= 15 is 0 Å². The molecule has 0 bridgehead atoms. The second-order valence-electron chi connectivity index (χ2n) is 3.98. The summed E-state index contributed by atoms with van der Waals surface area (Å²) in [6.45, 7) is 5.22. The van der Waals surface area contributed by atoms with Gasteiger partial charge in [0.1, 0.15) is 0 Å². The molecule has 2 aromatic rings. The Kier molecular flexibility index (Phi) is 5.29. The van der Waals surface area contributed by atoms with E-state index in [1.165, 1.54) is 21.3 Å². The molecule has 0 saturated carbocycles. The highest BCUT2D eigenvalue weighted by molar-refractivity contribution is 9.10. The highest BCUT2D eigenvalue weighted by Crippen LogP contribution is 2.28. The van der Waals surface area contributed by atoms with E-state index in [1.807, 2.05) is 0 Å². The molecule has 0 spiro atoms. The Morgan fingerprint density at radius 2 is 2.28 bits per heavy atom. The van der Waals surface area contributed by atoms with Gasteiger partial charge in [0.2, 0.25) is 0 Å². The van der Waals surface area contributed by atoms with Gasteiger partial charge < -0.3 is 5.32 Å². The maximum atomic E-state index is 4.21. The molecule has 2 heterocycles. The number of aryl methyl sites for hydroxylation is 1. The summed E-state index contributed by atoms with van der Waals surface area (Å²) in [4.78, 5) is 2.66. The summed E-state index contributed by atoms with van der Waals surface area (Å²) in [7, 11) is 0. The summed E-state index contributed by atoms with van der Waals surface area (Å²) in [5, 5.41) is 9.88. The lowest BCUT2D eigenvalue weighted by Crippen LogP contribution is -2.22. The van der Waals surface area contributed by atoms with Crippen molar-refractivity contribution in [3.63, 3.8) is 0 Å². The summed E-state index contributed by atoms with van der Waals surface area (Å²) < 4.78 is 5.25. The Morgan fingerprint density at radius 3 is 2.89 bits per heavy atom. The standard InChI is InChI=1S/C12H16BrN3S2/c1-3-10-12(18-16-15-10)11(14-4-2)6-9-5-8(13)7-17-9/h5,7,11,14H,3-4,6H2,1-2H3. The first-order valence-electron chi connectivity index (χ1n) is 6.02. The van der Waals surface area contributed by atoms with Crippen molar-refractivity contribution in [1.29, 1.82) is 0 Å². The molecule has 0 aliphatic carbocycles. The summed E-state index contributed by atoms with van der Waals surface area (Å²) >= 11 is 6.81. The van der Waals surface area contributed by atoms with Crippen LogP contribution in [0.3, 0.4) is 0 Å². The number of nitrogens with one attached hydrogen (secondary N) is 1. The Morgan fingerprint density at radius 1 is 1.44 bits per heavy atom. The second kappa shape index (κ2) is 6.75. The van der Waals surface area contributed by atoms with Gasteiger partial charge in [-0.05, 0) is 46.5 Å². The van der Waals surface area contributed by atoms with Crippen LogP contribution in [-0.4, -0.2) is 16.1 Å². The maximum absolute atomic E-state index is 4.21. The topological polar surface area (TPSA) is 37.8 Å². The van der Waals surface area contributed by atoms with Gasteiger partial charge in [-0.1, -0.05) is 18.3 Å². The number of aromatic nitrogens is 2. The van der Waals surface area contributed by atoms with E-state index in [9.17, 15) is 0 Å². The van der Waals surface area contributed by atoms with Crippen LogP contribution in [0.5, 0.6) is 0 Å². The zero-order chi connectivity index (χ0) is 13.0. The van der Waals surface area contributed by atoms with E-state index < -0.39 is 0 Å². The molecule has 2 aromatic heterocycles. The maximum Gasteiger partial charge on any atom is 0.0801 e. The van der Waals surface area contributed by atoms with Gasteiger partial charge in [0.05, 0.1) is 10.6 Å². The van der Waals surface area contributed by atoms with Crippen molar-refractivity contribution >= 4 is 38.8 Å². The minimum Gasteiger partial charge on any atom is -0.309 e. The van der Waals surface area contributed by atoms with E-state index in [1.54, 1.807) is 11.3 Å². The molecule has 0 aliphatic rings. The monoisotopic (exact) mass is 345 g/mol. The highest BCUT2D eigenvalue weighted by Gasteiger charge is 2.18. The van der Waals surface area contributed by atoms with Crippen LogP contribution in [0.25, 0.3) is 0 Å². The number of hydrogen-bond acceptors (Lipinski definition) is 5. The summed E-state index contributed by atoms with van der Waals surface area (Å²) in [5.41, 5.74) is 1.13. The van der Waals surface area contributed by atoms with Crippen LogP contribution < -0.4 is 5.32 Å². The highest BCUT2D eigenvalue weighted by atomic mass is 79.9. The van der Waals surface area contributed by atoms with Gasteiger partial charge in [-0.15, -0.1) is 16.4 Å². The van der Waals surface area contributed by atoms with E-state index in [2.05, 4.69) is 56.1 Å². The molecule has 1 N–H and O–H groups in total. The fourth-order valence-electron chi connectivity index (χ4n) is 1.89. The van der Waals surface area contributed by atoms with Gasteiger partial charge in [-0.25, -0.2) is 0 Å². The van der Waals surface area contributed by atoms with Crippen molar-refractivity contribution in [2.24, 2.45) is 0 Å². The van der Waals surface area contributed by atoms with Crippen molar-refractivity contribution in [1.82, 2.24) is 14.9 Å². The van der Waals surface area contributed by atoms with Gasteiger partial charge in [-0.3, -0.25) is 0 Å². The molecule has 0 fully saturated rings. The number of hydrogen-bond donors (Lipinski definition) is 1. The molecular formula is C12H16BrN3S2. The SMILES string of the molecule is CCNC(Cc1cc(Br)cs1)c1snnc1CC. The molecule has 0 aromatic carbocycles. The smallest absolute Gasteiger partial charge is 0.0801 e. The van der Waals surface area contributed by atoms with E-state index in [0.717, 1.165) is 29.6 Å². The van der Waals surface area contributed by atoms with Gasteiger partial charge in [0.25, 0.3) is 0 Å². The van der Waals surface area contributed by atoms with Gasteiger partial charge in [0.15, 0.2) is 0 Å². The third-order valence-corrected chi connectivity index (χ3v) is 5.31. The fraction of sp³-hybridized carbons (Fsp3) is 0.500. The van der Waals surface area contributed by atoms with Gasteiger partial charge in [0, 0.05) is 27.2 Å². The van der Waals surface area contributed by atoms with Gasteiger partial charge in [-0.2, -0.15) is 0 Å². The van der Waals surface area contributed by atoms with Crippen LogP contribution in [0.4, 0.5) is 0 Å². The van der Waals surface area contributed by atoms with E-state index in [0.29, 0.717) is 6.04 Å². The largest absolute Gasteiger partial charge is 0.309 e. The van der Waals surface area contributed by atoms with Crippen molar-refractivity contribution in [3.8, 4) is 0 Å². The predicted octanol–water partition coefficient (Wildman–Crippen LogP) is 3.82. The van der Waals surface area contributed by atoms with E-state index in [4.69, 9.17) is 0 Å². The molecule has 0 saturated heterocycles. The number of thiophene rings is 1. The molecule has 2 rings (SSSR count). The average molecular weight is 346 g/mol. The van der Waals surface area contributed by atoms with E-state index in [-0.39, 0.29) is 0 Å². The van der Waals surface area contributed by atoms with Crippen LogP contribution in [-0.2, 0) is 12.8 Å². The Labute approximate surface area is 124 Å². The lowest BCUT2D eigenvalue weighted by Gasteiger charge is -2.15. The first-order valence-corrected chi connectivity index (χ1v) is 8.46. The number of nitrogens with zero attached hydrogens (tertiary/aromatic N) is 2. The lowest BCUT2D eigenvalue weighted by atomic mass is 10.1. The third-order valence-electron chi connectivity index (χ3n) is 2.71. The molecule has 1 unspecified atom stereocenters. The van der Waals surface area contributed by atoms with Crippen molar-refractivity contribution in [3.05, 3.63) is 31.4 Å². The molecule has 3 nitrogen and oxygen atoms in total. The number of rotatable bonds is 6. The zero-order valence-electron chi connectivity index (χ0n) is 10.4. The molecule has 0 radical (unpaired) electrons. The second-order valence-corrected chi connectivity index (χ2v) is 6.68. The van der Waals surface area contributed by atoms with Crippen molar-refractivity contribution in [2.75, 3.05) is 6.54 Å². The van der Waals surface area contributed by atoms with Crippen LogP contribution in [0.1, 0.15) is 35.3 Å². The quantitative estimate of drug-likeness (QED) is 0.864. The van der Waals surface area contributed by atoms with Crippen molar-refractivity contribution < 1.29 is 0 Å². The van der Waals surface area contributed by atoms with Crippen LogP contribution >= 0.6 is 38.8 Å². The van der Waals surface area contributed by atoms with Gasteiger partial charge >= 0.3 is 0 Å². The van der Waals surface area contributed by atoms with Crippen LogP contribution in [0.15, 0.2) is 15.9 Å². The minimum absolute atomic E-state index is 0.329. The normalized spacial score (nSPS) is 12.8. The molecule has 6 heteroatoms. The minimum atomic E-state index is 0.329. The summed E-state index contributed by atoms with van der Waals surface area (Å²) in [5.74, 6) is 0. The predicted molar refractivity (Wildman–Crippen MR) is 81.4 cm³/mol. The van der Waals surface area contributed by atoms with Crippen LogP contribution in [0, 0.1) is 0 Å². The first-order chi connectivity index (χ1) is 8.74. The third kappa shape index (κ3) is 3.38. The van der Waals surface area contributed by atoms with Crippen LogP contribution in [0.2, 0.25) is 0 Å². The number of halogens is 1. The molecule has 98 valence electrons. The lowest BCUT2D eigenvalue weighted by molar-refractivity contribution is 0.556. The Bertz CT molecular complexity index is 495. The van der Waals surface area contributed by atoms with Crippen molar-refractivity contribution in [2.45, 2.75) is 32.7 Å². The molecular weight excluding hydrogens is 330 g/mol. The fourth-order valence-corrected chi connectivity index (χ4v) is 4.20. The summed E-state index contributed by atoms with van der Waals surface area (Å²) in [6, 6.07) is 2.52. The molecule has 18 heavy (non-hydrogen) atoms. The molecule has 0 amide bonds. The Hall–Kier alpha value is -0.300. The first kappa shape index (κ1) is 14.1. The number of likely N-dealkylation sites (N-methyl/N-ethyl adjacent to an activating group) is 1.